The minimum absolute atomic E-state index is 0.618. The molecular formula is C28H34BN. The summed E-state index contributed by atoms with van der Waals surface area (Å²) in [5, 5.41) is 0. The fourth-order valence-corrected chi connectivity index (χ4v) is 3.84. The highest BCUT2D eigenvalue weighted by Gasteiger charge is 2.14. The summed E-state index contributed by atoms with van der Waals surface area (Å²) in [6, 6.07) is 27.6. The van der Waals surface area contributed by atoms with Crippen molar-refractivity contribution in [1.82, 2.24) is 0 Å². The van der Waals surface area contributed by atoms with E-state index in [1.807, 2.05) is 0 Å². The fourth-order valence-electron chi connectivity index (χ4n) is 3.84. The van der Waals surface area contributed by atoms with E-state index in [1.165, 1.54) is 43.6 Å². The first-order valence-electron chi connectivity index (χ1n) is 11.1. The van der Waals surface area contributed by atoms with E-state index in [1.54, 1.807) is 0 Å². The van der Waals surface area contributed by atoms with Crippen molar-refractivity contribution in [3.63, 3.8) is 0 Å². The Morgan fingerprint density at radius 1 is 0.800 bits per heavy atom. The Kier molecular flexibility index (Phi) is 10.1. The van der Waals surface area contributed by atoms with Crippen molar-refractivity contribution < 1.29 is 0 Å². The second kappa shape index (κ2) is 12.9. The maximum absolute atomic E-state index is 5.17. The zero-order chi connectivity index (χ0) is 21.8. The third-order valence-corrected chi connectivity index (χ3v) is 5.51. The lowest BCUT2D eigenvalue weighted by molar-refractivity contribution is 0.567. The largest absolute Gasteiger partial charge is 0.248 e. The van der Waals surface area contributed by atoms with Gasteiger partial charge in [-0.05, 0) is 42.9 Å². The molecule has 1 atom stereocenters. The summed E-state index contributed by atoms with van der Waals surface area (Å²) in [7, 11) is 4.50. The highest BCUT2D eigenvalue weighted by Crippen LogP contribution is 2.33. The highest BCUT2D eigenvalue weighted by molar-refractivity contribution is 6.14. The second-order valence-electron chi connectivity index (χ2n) is 7.43. The van der Waals surface area contributed by atoms with Crippen LogP contribution in [0.1, 0.15) is 67.7 Å². The number of hydrogen-bond donors (Lipinski definition) is 0. The van der Waals surface area contributed by atoms with E-state index in [-0.39, 0.29) is 0 Å². The van der Waals surface area contributed by atoms with Crippen LogP contribution in [0.3, 0.4) is 0 Å². The molecule has 0 saturated heterocycles. The van der Waals surface area contributed by atoms with Gasteiger partial charge in [0.25, 0.3) is 0 Å². The molecule has 0 aliphatic carbocycles. The Hall–Kier alpha value is -2.61. The van der Waals surface area contributed by atoms with Gasteiger partial charge in [-0.2, -0.15) is 0 Å². The summed E-state index contributed by atoms with van der Waals surface area (Å²) in [5.41, 5.74) is 7.18. The van der Waals surface area contributed by atoms with Crippen LogP contribution in [0, 0.1) is 6.92 Å². The van der Waals surface area contributed by atoms with Crippen LogP contribution in [-0.4, -0.2) is 13.6 Å². The van der Waals surface area contributed by atoms with Crippen LogP contribution in [0.25, 0.3) is 0 Å². The lowest BCUT2D eigenvalue weighted by Gasteiger charge is -2.19. The average molecular weight is 395 g/mol. The number of nitrogens with zero attached hydrogens (tertiary/aromatic N) is 1. The molecule has 1 unspecified atom stereocenters. The van der Waals surface area contributed by atoms with E-state index in [0.717, 1.165) is 22.5 Å². The van der Waals surface area contributed by atoms with Gasteiger partial charge in [0, 0.05) is 11.1 Å². The van der Waals surface area contributed by atoms with E-state index in [0.29, 0.717) is 5.92 Å². The third kappa shape index (κ3) is 6.19. The molecule has 3 aromatic carbocycles. The molecule has 3 rings (SSSR count). The molecule has 0 N–H and O–H groups in total. The van der Waals surface area contributed by atoms with Gasteiger partial charge in [-0.25, -0.2) is 4.99 Å². The van der Waals surface area contributed by atoms with Crippen LogP contribution in [0.15, 0.2) is 83.9 Å². The molecule has 30 heavy (non-hydrogen) atoms. The van der Waals surface area contributed by atoms with Gasteiger partial charge < -0.3 is 0 Å². The van der Waals surface area contributed by atoms with Gasteiger partial charge in [-0.15, -0.1) is 0 Å². The normalized spacial score (nSPS) is 11.2. The molecule has 0 saturated carbocycles. The van der Waals surface area contributed by atoms with Crippen molar-refractivity contribution in [2.75, 3.05) is 0 Å². The SMILES string of the molecule is CCCCC(CC)c1cccc(N=C(c2ccccc2)c2ccccc2)c1C.[B]C. The first-order chi connectivity index (χ1) is 14.7. The molecule has 0 aliphatic heterocycles. The molecule has 0 heterocycles. The molecule has 2 heteroatoms. The average Bonchev–Trinajstić information content (AvgIpc) is 2.82. The summed E-state index contributed by atoms with van der Waals surface area (Å²) < 4.78 is 0. The van der Waals surface area contributed by atoms with Gasteiger partial charge in [-0.3, -0.25) is 0 Å². The van der Waals surface area contributed by atoms with Crippen LogP contribution in [0.4, 0.5) is 5.69 Å². The molecule has 0 fully saturated rings. The lowest BCUT2D eigenvalue weighted by Crippen LogP contribution is -2.04. The van der Waals surface area contributed by atoms with E-state index in [4.69, 9.17) is 4.99 Å². The van der Waals surface area contributed by atoms with Crippen molar-refractivity contribution in [3.05, 3.63) is 101 Å². The molecule has 3 aromatic rings. The summed E-state index contributed by atoms with van der Waals surface area (Å²) >= 11 is 0. The molecule has 154 valence electrons. The third-order valence-electron chi connectivity index (χ3n) is 5.51. The fraction of sp³-hybridized carbons (Fsp3) is 0.321. The first-order valence-corrected chi connectivity index (χ1v) is 11.1. The minimum Gasteiger partial charge on any atom is -0.248 e. The highest BCUT2D eigenvalue weighted by atomic mass is 14.8. The van der Waals surface area contributed by atoms with E-state index in [2.05, 4.69) is 107 Å². The predicted octanol–water partition coefficient (Wildman–Crippen LogP) is 8.05. The Balaban J connectivity index is 0.00000155. The van der Waals surface area contributed by atoms with E-state index < -0.39 is 0 Å². The number of hydrogen-bond acceptors (Lipinski definition) is 1. The van der Waals surface area contributed by atoms with Crippen molar-refractivity contribution >= 4 is 19.2 Å². The number of benzene rings is 3. The monoisotopic (exact) mass is 395 g/mol. The van der Waals surface area contributed by atoms with Crippen molar-refractivity contribution in [2.24, 2.45) is 4.99 Å². The Labute approximate surface area is 184 Å². The van der Waals surface area contributed by atoms with Crippen LogP contribution in [0.5, 0.6) is 0 Å². The standard InChI is InChI=1S/C27H31N.CH3B/c1-4-6-14-22(5-2)25-19-13-20-26(21(25)3)28-27(23-15-9-7-10-16-23)24-17-11-8-12-18-24;1-2/h7-13,15-20,22H,4-6,14H2,1-3H3;1H3. The zero-order valence-electron chi connectivity index (χ0n) is 18.9. The Morgan fingerprint density at radius 3 is 1.87 bits per heavy atom. The van der Waals surface area contributed by atoms with E-state index in [9.17, 15) is 0 Å². The molecule has 0 aliphatic rings. The molecule has 0 spiro atoms. The topological polar surface area (TPSA) is 12.4 Å². The van der Waals surface area contributed by atoms with E-state index >= 15 is 0 Å². The lowest BCUT2D eigenvalue weighted by atomic mass is 9.88. The van der Waals surface area contributed by atoms with Crippen LogP contribution in [-0.2, 0) is 0 Å². The van der Waals surface area contributed by atoms with Gasteiger partial charge >= 0.3 is 0 Å². The molecule has 0 bridgehead atoms. The van der Waals surface area contributed by atoms with Crippen LogP contribution in [0.2, 0.25) is 6.82 Å². The predicted molar refractivity (Wildman–Crippen MR) is 134 cm³/mol. The van der Waals surface area contributed by atoms with Gasteiger partial charge in [-0.1, -0.05) is 106 Å². The Morgan fingerprint density at radius 2 is 1.37 bits per heavy atom. The molecular weight excluding hydrogens is 361 g/mol. The minimum atomic E-state index is 0.618. The van der Waals surface area contributed by atoms with Gasteiger partial charge in [0.2, 0.25) is 0 Å². The smallest absolute Gasteiger partial charge is 0.0781 e. The summed E-state index contributed by atoms with van der Waals surface area (Å²) in [6.45, 7) is 8.30. The van der Waals surface area contributed by atoms with Crippen molar-refractivity contribution in [2.45, 2.75) is 59.2 Å². The Bertz CT molecular complexity index is 859. The molecule has 1 nitrogen and oxygen atoms in total. The second-order valence-corrected chi connectivity index (χ2v) is 7.43. The van der Waals surface area contributed by atoms with Crippen molar-refractivity contribution in [1.29, 1.82) is 0 Å². The molecule has 2 radical (unpaired) electrons. The summed E-state index contributed by atoms with van der Waals surface area (Å²) in [4.78, 5) is 5.17. The number of aliphatic imine (C=N–C) groups is 1. The summed E-state index contributed by atoms with van der Waals surface area (Å²) in [6.07, 6.45) is 4.97. The number of unbranched alkanes of at least 4 members (excludes halogenated alkanes) is 1. The summed E-state index contributed by atoms with van der Waals surface area (Å²) in [5.74, 6) is 0.618. The molecule has 0 amide bonds. The maximum atomic E-state index is 5.17. The van der Waals surface area contributed by atoms with Gasteiger partial charge in [0.1, 0.15) is 0 Å². The van der Waals surface area contributed by atoms with Crippen LogP contribution >= 0.6 is 0 Å². The zero-order valence-corrected chi connectivity index (χ0v) is 18.9. The van der Waals surface area contributed by atoms with Crippen LogP contribution < -0.4 is 0 Å². The van der Waals surface area contributed by atoms with Gasteiger partial charge in [0.15, 0.2) is 0 Å². The van der Waals surface area contributed by atoms with Crippen molar-refractivity contribution in [3.8, 4) is 0 Å². The van der Waals surface area contributed by atoms with Gasteiger partial charge in [0.05, 0.1) is 19.2 Å². The maximum Gasteiger partial charge on any atom is 0.0781 e. The first kappa shape index (κ1) is 23.7. The molecule has 0 aromatic heterocycles. The number of rotatable bonds is 8. The quantitative estimate of drug-likeness (QED) is 0.270.